The quantitative estimate of drug-likeness (QED) is 0.671. The molecule has 0 aliphatic heterocycles. The molecule has 0 unspecified atom stereocenters. The molecule has 0 amide bonds. The summed E-state index contributed by atoms with van der Waals surface area (Å²) in [6.45, 7) is 2.24. The van der Waals surface area contributed by atoms with Crippen molar-refractivity contribution in [3.05, 3.63) is 16.6 Å². The summed E-state index contributed by atoms with van der Waals surface area (Å²) < 4.78 is 28.6. The Morgan fingerprint density at radius 1 is 1.67 bits per heavy atom. The van der Waals surface area contributed by atoms with Crippen molar-refractivity contribution in [2.75, 3.05) is 0 Å². The van der Waals surface area contributed by atoms with Crippen LogP contribution in [0, 0.1) is 6.92 Å². The lowest BCUT2D eigenvalue weighted by Gasteiger charge is -2.04. The Kier molecular flexibility index (Phi) is 2.23. The van der Waals surface area contributed by atoms with Gasteiger partial charge in [0.15, 0.2) is 0 Å². The van der Waals surface area contributed by atoms with E-state index in [-0.39, 0.29) is 4.88 Å². The van der Waals surface area contributed by atoms with E-state index in [0.29, 0.717) is 12.6 Å². The van der Waals surface area contributed by atoms with E-state index in [0.717, 1.165) is 11.5 Å². The molecule has 0 bridgehead atoms. The van der Waals surface area contributed by atoms with Crippen LogP contribution in [0.5, 0.6) is 0 Å². The first kappa shape index (κ1) is 9.25. The molecular weight excluding hydrogens is 184 g/mol. The zero-order valence-corrected chi connectivity index (χ0v) is 7.41. The van der Waals surface area contributed by atoms with Crippen molar-refractivity contribution >= 4 is 17.3 Å². The van der Waals surface area contributed by atoms with Crippen LogP contribution < -0.4 is 0 Å². The minimum absolute atomic E-state index is 0.0139. The predicted octanol–water partition coefficient (Wildman–Crippen LogP) is 2.29. The van der Waals surface area contributed by atoms with Crippen LogP contribution in [0.15, 0.2) is 6.07 Å². The fraction of sp³-hybridized carbons (Fsp3) is 0.429. The first-order valence-corrected chi connectivity index (χ1v) is 4.04. The van der Waals surface area contributed by atoms with Gasteiger partial charge in [-0.3, -0.25) is 4.79 Å². The van der Waals surface area contributed by atoms with Gasteiger partial charge in [-0.25, -0.2) is 0 Å². The number of carbonyl (C=O) groups excluding carboxylic acids is 1. The van der Waals surface area contributed by atoms with Crippen molar-refractivity contribution in [1.82, 2.24) is 4.37 Å². The highest BCUT2D eigenvalue weighted by Gasteiger charge is 2.34. The van der Waals surface area contributed by atoms with Crippen LogP contribution in [0.3, 0.4) is 0 Å². The number of ketones is 1. The smallest absolute Gasteiger partial charge is 0.286 e. The van der Waals surface area contributed by atoms with Crippen molar-refractivity contribution < 1.29 is 13.6 Å². The van der Waals surface area contributed by atoms with Gasteiger partial charge in [0.05, 0.1) is 10.6 Å². The molecule has 0 fully saturated rings. The van der Waals surface area contributed by atoms with Crippen LogP contribution >= 0.6 is 11.5 Å². The van der Waals surface area contributed by atoms with Crippen molar-refractivity contribution in [2.45, 2.75) is 19.8 Å². The maximum atomic E-state index is 12.4. The molecule has 1 rings (SSSR count). The van der Waals surface area contributed by atoms with Gasteiger partial charge in [-0.2, -0.15) is 13.2 Å². The van der Waals surface area contributed by atoms with Gasteiger partial charge in [0.25, 0.3) is 0 Å². The fourth-order valence-electron chi connectivity index (χ4n) is 0.687. The SMILES string of the molecule is Cc1cc(C(=O)C(C)(F)F)sn1. The lowest BCUT2D eigenvalue weighted by atomic mass is 10.2. The molecule has 1 aromatic heterocycles. The Balaban J connectivity index is 2.93. The molecule has 0 spiro atoms. The first-order chi connectivity index (χ1) is 5.41. The van der Waals surface area contributed by atoms with E-state index in [1.54, 1.807) is 6.92 Å². The van der Waals surface area contributed by atoms with Gasteiger partial charge >= 0.3 is 5.92 Å². The number of nitrogens with zero attached hydrogens (tertiary/aromatic N) is 1. The van der Waals surface area contributed by atoms with Gasteiger partial charge in [0.2, 0.25) is 5.78 Å². The summed E-state index contributed by atoms with van der Waals surface area (Å²) in [4.78, 5) is 10.9. The Labute approximate surface area is 72.4 Å². The molecule has 0 aromatic carbocycles. The van der Waals surface area contributed by atoms with E-state index in [1.807, 2.05) is 0 Å². The van der Waals surface area contributed by atoms with Gasteiger partial charge < -0.3 is 0 Å². The van der Waals surface area contributed by atoms with E-state index in [2.05, 4.69) is 4.37 Å². The van der Waals surface area contributed by atoms with E-state index >= 15 is 0 Å². The standard InChI is InChI=1S/C7H7F2NOS/c1-4-3-5(12-10-4)6(11)7(2,8)9/h3H,1-2H3. The molecular formula is C7H7F2NOS. The molecule has 1 aromatic rings. The third kappa shape index (κ3) is 1.85. The molecule has 5 heteroatoms. The summed E-state index contributed by atoms with van der Waals surface area (Å²) in [6.07, 6.45) is 0. The van der Waals surface area contributed by atoms with E-state index in [1.165, 1.54) is 6.07 Å². The Morgan fingerprint density at radius 2 is 2.25 bits per heavy atom. The molecule has 0 saturated carbocycles. The van der Waals surface area contributed by atoms with Crippen LogP contribution in [0.2, 0.25) is 0 Å². The average molecular weight is 191 g/mol. The Morgan fingerprint density at radius 3 is 2.58 bits per heavy atom. The van der Waals surface area contributed by atoms with Crippen LogP contribution in [0.4, 0.5) is 8.78 Å². The third-order valence-electron chi connectivity index (χ3n) is 1.25. The second-order valence-electron chi connectivity index (χ2n) is 2.55. The lowest BCUT2D eigenvalue weighted by molar-refractivity contribution is 0.0226. The zero-order valence-electron chi connectivity index (χ0n) is 6.60. The largest absolute Gasteiger partial charge is 0.307 e. The normalized spacial score (nSPS) is 11.7. The second-order valence-corrected chi connectivity index (χ2v) is 3.36. The number of Topliss-reactive ketones (excluding diaryl/α,β-unsaturated/α-hetero) is 1. The lowest BCUT2D eigenvalue weighted by Crippen LogP contribution is -2.23. The Bertz CT molecular complexity index is 303. The van der Waals surface area contributed by atoms with Gasteiger partial charge in [-0.1, -0.05) is 0 Å². The number of hydrogen-bond donors (Lipinski definition) is 0. The van der Waals surface area contributed by atoms with Crippen LogP contribution in [0.25, 0.3) is 0 Å². The minimum Gasteiger partial charge on any atom is -0.286 e. The molecule has 0 saturated heterocycles. The van der Waals surface area contributed by atoms with E-state index < -0.39 is 11.7 Å². The van der Waals surface area contributed by atoms with Crippen molar-refractivity contribution in [1.29, 1.82) is 0 Å². The van der Waals surface area contributed by atoms with Crippen molar-refractivity contribution in [2.24, 2.45) is 0 Å². The summed E-state index contributed by atoms with van der Waals surface area (Å²) in [7, 11) is 0. The second kappa shape index (κ2) is 2.90. The number of aromatic nitrogens is 1. The number of carbonyl (C=O) groups is 1. The molecule has 66 valence electrons. The maximum absolute atomic E-state index is 12.4. The summed E-state index contributed by atoms with van der Waals surface area (Å²) >= 11 is 0.805. The Hall–Kier alpha value is -0.840. The highest BCUT2D eigenvalue weighted by atomic mass is 32.1. The molecule has 0 N–H and O–H groups in total. The molecule has 12 heavy (non-hydrogen) atoms. The summed E-state index contributed by atoms with van der Waals surface area (Å²) in [5.41, 5.74) is 0.590. The van der Waals surface area contributed by atoms with Gasteiger partial charge in [0.1, 0.15) is 0 Å². The fourth-order valence-corrected chi connectivity index (χ4v) is 1.47. The summed E-state index contributed by atoms with van der Waals surface area (Å²) in [5.74, 6) is -4.45. The number of halogens is 2. The zero-order chi connectivity index (χ0) is 9.35. The predicted molar refractivity (Wildman–Crippen MR) is 41.8 cm³/mol. The molecule has 0 radical (unpaired) electrons. The van der Waals surface area contributed by atoms with Crippen LogP contribution in [0.1, 0.15) is 22.3 Å². The molecule has 2 nitrogen and oxygen atoms in total. The van der Waals surface area contributed by atoms with Crippen molar-refractivity contribution in [3.63, 3.8) is 0 Å². The topological polar surface area (TPSA) is 30.0 Å². The van der Waals surface area contributed by atoms with Crippen molar-refractivity contribution in [3.8, 4) is 0 Å². The number of hydrogen-bond acceptors (Lipinski definition) is 3. The average Bonchev–Trinajstić information content (AvgIpc) is 2.32. The molecule has 0 aliphatic rings. The minimum atomic E-state index is -3.29. The number of rotatable bonds is 2. The first-order valence-electron chi connectivity index (χ1n) is 3.27. The van der Waals surface area contributed by atoms with E-state index in [4.69, 9.17) is 0 Å². The summed E-state index contributed by atoms with van der Waals surface area (Å²) in [6, 6.07) is 1.37. The molecule has 0 aliphatic carbocycles. The highest BCUT2D eigenvalue weighted by molar-refractivity contribution is 7.08. The maximum Gasteiger partial charge on any atom is 0.307 e. The van der Waals surface area contributed by atoms with Gasteiger partial charge in [-0.15, -0.1) is 0 Å². The summed E-state index contributed by atoms with van der Waals surface area (Å²) in [5, 5.41) is 0. The van der Waals surface area contributed by atoms with Gasteiger partial charge in [-0.05, 0) is 24.5 Å². The third-order valence-corrected chi connectivity index (χ3v) is 2.13. The van der Waals surface area contributed by atoms with Gasteiger partial charge in [0, 0.05) is 6.92 Å². The number of aryl methyl sites for hydroxylation is 1. The monoisotopic (exact) mass is 191 g/mol. The molecule has 1 heterocycles. The molecule has 0 atom stereocenters. The number of alkyl halides is 2. The van der Waals surface area contributed by atoms with Crippen LogP contribution in [-0.4, -0.2) is 16.1 Å². The highest BCUT2D eigenvalue weighted by Crippen LogP contribution is 2.21. The van der Waals surface area contributed by atoms with Crippen LogP contribution in [-0.2, 0) is 0 Å². The van der Waals surface area contributed by atoms with E-state index in [9.17, 15) is 13.6 Å².